The predicted molar refractivity (Wildman–Crippen MR) is 108 cm³/mol. The summed E-state index contributed by atoms with van der Waals surface area (Å²) >= 11 is 6.25. The molecule has 4 nitrogen and oxygen atoms in total. The third-order valence-corrected chi connectivity index (χ3v) is 3.91. The molecule has 0 atom stereocenters. The minimum Gasteiger partial charge on any atom is -0.491 e. The van der Waals surface area contributed by atoms with Crippen LogP contribution in [0, 0.1) is 0 Å². The Balaban J connectivity index is 0. The van der Waals surface area contributed by atoms with E-state index in [0.717, 1.165) is 44.7 Å². The number of nitrogens with zero attached hydrogens (tertiary/aromatic N) is 1. The van der Waals surface area contributed by atoms with Gasteiger partial charge in [0.1, 0.15) is 0 Å². The van der Waals surface area contributed by atoms with Gasteiger partial charge in [0, 0.05) is 6.54 Å². The molecule has 0 radical (unpaired) electrons. The van der Waals surface area contributed by atoms with Crippen LogP contribution < -0.4 is 14.8 Å². The second kappa shape index (κ2) is 14.9. The first-order chi connectivity index (χ1) is 10.7. The summed E-state index contributed by atoms with van der Waals surface area (Å²) < 4.78 is 10.9. The molecule has 0 spiro atoms. The lowest BCUT2D eigenvalue weighted by Gasteiger charge is -2.18. The molecule has 24 heavy (non-hydrogen) atoms. The Kier molecular flexibility index (Phi) is 16.1. The van der Waals surface area contributed by atoms with Crippen LogP contribution in [-0.2, 0) is 6.54 Å². The van der Waals surface area contributed by atoms with Crippen molar-refractivity contribution in [1.82, 2.24) is 10.2 Å². The number of halogens is 3. The van der Waals surface area contributed by atoms with Crippen LogP contribution in [0.15, 0.2) is 12.1 Å². The van der Waals surface area contributed by atoms with Gasteiger partial charge in [-0.3, -0.25) is 0 Å². The molecule has 1 N–H and O–H groups in total. The van der Waals surface area contributed by atoms with Crippen molar-refractivity contribution in [2.24, 2.45) is 0 Å². The molecule has 1 aromatic carbocycles. The molecular formula is C17H31Cl3N2O2. The minimum atomic E-state index is 0. The molecule has 7 heteroatoms. The van der Waals surface area contributed by atoms with Crippen molar-refractivity contribution in [3.63, 3.8) is 0 Å². The van der Waals surface area contributed by atoms with Gasteiger partial charge in [0.2, 0.25) is 0 Å². The summed E-state index contributed by atoms with van der Waals surface area (Å²) in [5.41, 5.74) is 1.11. The van der Waals surface area contributed by atoms with Gasteiger partial charge in [0.15, 0.2) is 11.5 Å². The fourth-order valence-electron chi connectivity index (χ4n) is 2.38. The van der Waals surface area contributed by atoms with E-state index in [1.807, 2.05) is 19.1 Å². The van der Waals surface area contributed by atoms with Gasteiger partial charge in [-0.2, -0.15) is 0 Å². The first-order valence-electron chi connectivity index (χ1n) is 8.08. The van der Waals surface area contributed by atoms with Crippen molar-refractivity contribution in [1.29, 1.82) is 0 Å². The van der Waals surface area contributed by atoms with Gasteiger partial charge in [0.05, 0.1) is 18.7 Å². The molecule has 0 aliphatic heterocycles. The zero-order valence-electron chi connectivity index (χ0n) is 15.1. The second-order valence-corrected chi connectivity index (χ2v) is 5.51. The molecule has 0 aromatic heterocycles. The van der Waals surface area contributed by atoms with E-state index in [1.54, 1.807) is 7.11 Å². The van der Waals surface area contributed by atoms with Gasteiger partial charge in [-0.1, -0.05) is 25.4 Å². The Bertz CT molecular complexity index is 444. The number of benzene rings is 1. The van der Waals surface area contributed by atoms with E-state index in [4.69, 9.17) is 21.1 Å². The first kappa shape index (κ1) is 25.8. The fraction of sp³-hybridized carbons (Fsp3) is 0.647. The Morgan fingerprint density at radius 2 is 1.79 bits per heavy atom. The number of nitrogens with one attached hydrogen (secondary N) is 1. The highest BCUT2D eigenvalue weighted by Crippen LogP contribution is 2.36. The summed E-state index contributed by atoms with van der Waals surface area (Å²) in [6, 6.07) is 3.92. The normalized spacial score (nSPS) is 10.1. The maximum absolute atomic E-state index is 6.25. The number of methoxy groups -OCH3 is 1. The molecule has 0 unspecified atom stereocenters. The monoisotopic (exact) mass is 400 g/mol. The number of hydrogen-bond acceptors (Lipinski definition) is 4. The molecule has 0 saturated carbocycles. The van der Waals surface area contributed by atoms with Crippen molar-refractivity contribution < 1.29 is 9.47 Å². The van der Waals surface area contributed by atoms with E-state index in [9.17, 15) is 0 Å². The zero-order valence-corrected chi connectivity index (χ0v) is 17.5. The Morgan fingerprint density at radius 1 is 1.12 bits per heavy atom. The van der Waals surface area contributed by atoms with Gasteiger partial charge in [-0.05, 0) is 57.2 Å². The topological polar surface area (TPSA) is 33.7 Å². The summed E-state index contributed by atoms with van der Waals surface area (Å²) in [5.74, 6) is 1.31. The Morgan fingerprint density at radius 3 is 2.33 bits per heavy atom. The molecule has 1 aromatic rings. The van der Waals surface area contributed by atoms with Crippen LogP contribution >= 0.6 is 36.4 Å². The number of hydrogen-bond donors (Lipinski definition) is 1. The number of rotatable bonds is 11. The summed E-state index contributed by atoms with van der Waals surface area (Å²) in [7, 11) is 1.61. The van der Waals surface area contributed by atoms with Gasteiger partial charge < -0.3 is 19.7 Å². The molecule has 1 rings (SSSR count). The van der Waals surface area contributed by atoms with Crippen LogP contribution in [0.4, 0.5) is 0 Å². The highest BCUT2D eigenvalue weighted by Gasteiger charge is 2.11. The first-order valence-corrected chi connectivity index (χ1v) is 8.46. The van der Waals surface area contributed by atoms with Crippen molar-refractivity contribution in [3.8, 4) is 11.5 Å². The lowest BCUT2D eigenvalue weighted by Crippen LogP contribution is -2.27. The van der Waals surface area contributed by atoms with Gasteiger partial charge >= 0.3 is 0 Å². The quantitative estimate of drug-likeness (QED) is 0.557. The van der Waals surface area contributed by atoms with E-state index >= 15 is 0 Å². The van der Waals surface area contributed by atoms with E-state index in [0.29, 0.717) is 23.1 Å². The van der Waals surface area contributed by atoms with Gasteiger partial charge in [-0.15, -0.1) is 24.8 Å². The highest BCUT2D eigenvalue weighted by molar-refractivity contribution is 6.32. The second-order valence-electron chi connectivity index (χ2n) is 5.10. The molecular weight excluding hydrogens is 371 g/mol. The van der Waals surface area contributed by atoms with Crippen molar-refractivity contribution in [2.75, 3.05) is 39.9 Å². The number of ether oxygens (including phenoxy) is 2. The highest BCUT2D eigenvalue weighted by atomic mass is 35.5. The summed E-state index contributed by atoms with van der Waals surface area (Å²) in [6.07, 6.45) is 1.14. The molecule has 0 saturated heterocycles. The molecule has 142 valence electrons. The van der Waals surface area contributed by atoms with Gasteiger partial charge in [0.25, 0.3) is 0 Å². The van der Waals surface area contributed by atoms with E-state index < -0.39 is 0 Å². The maximum Gasteiger partial charge on any atom is 0.179 e. The lowest BCUT2D eigenvalue weighted by molar-refractivity contribution is 0.298. The third kappa shape index (κ3) is 8.63. The van der Waals surface area contributed by atoms with Crippen molar-refractivity contribution >= 4 is 36.4 Å². The molecule has 0 bridgehead atoms. The molecule has 0 heterocycles. The lowest BCUT2D eigenvalue weighted by atomic mass is 10.2. The Hall–Kier alpha value is -0.390. The van der Waals surface area contributed by atoms with E-state index in [1.165, 1.54) is 0 Å². The zero-order chi connectivity index (χ0) is 16.4. The fourth-order valence-corrected chi connectivity index (χ4v) is 2.70. The summed E-state index contributed by atoms with van der Waals surface area (Å²) in [6.45, 7) is 12.1. The van der Waals surface area contributed by atoms with Crippen LogP contribution in [0.5, 0.6) is 11.5 Å². The average Bonchev–Trinajstić information content (AvgIpc) is 2.51. The molecule has 0 aliphatic carbocycles. The standard InChI is InChI=1S/C17H29ClN2O2.2ClH/c1-5-20(6-2)10-8-9-19-13-14-11-15(18)17(21-4)16(12-14)22-7-3;;/h11-12,19H,5-10,13H2,1-4H3;2*1H. The van der Waals surface area contributed by atoms with Crippen LogP contribution in [0.3, 0.4) is 0 Å². The van der Waals surface area contributed by atoms with Crippen LogP contribution in [0.25, 0.3) is 0 Å². The smallest absolute Gasteiger partial charge is 0.179 e. The van der Waals surface area contributed by atoms with Crippen molar-refractivity contribution in [3.05, 3.63) is 22.7 Å². The van der Waals surface area contributed by atoms with E-state index in [2.05, 4.69) is 24.1 Å². The van der Waals surface area contributed by atoms with E-state index in [-0.39, 0.29) is 24.8 Å². The molecule has 0 aliphatic rings. The maximum atomic E-state index is 6.25. The minimum absolute atomic E-state index is 0. The van der Waals surface area contributed by atoms with Crippen LogP contribution in [0.1, 0.15) is 32.8 Å². The van der Waals surface area contributed by atoms with Gasteiger partial charge in [-0.25, -0.2) is 0 Å². The largest absolute Gasteiger partial charge is 0.491 e. The van der Waals surface area contributed by atoms with Crippen LogP contribution in [0.2, 0.25) is 5.02 Å². The Labute approximate surface area is 164 Å². The SMILES string of the molecule is CCOc1cc(CNCCCN(CC)CC)cc(Cl)c1OC.Cl.Cl. The van der Waals surface area contributed by atoms with Crippen molar-refractivity contribution in [2.45, 2.75) is 33.7 Å². The third-order valence-electron chi connectivity index (χ3n) is 3.62. The average molecular weight is 402 g/mol. The van der Waals surface area contributed by atoms with Crippen LogP contribution in [-0.4, -0.2) is 44.8 Å². The molecule has 0 amide bonds. The summed E-state index contributed by atoms with van der Waals surface area (Å²) in [5, 5.41) is 4.05. The predicted octanol–water partition coefficient (Wildman–Crippen LogP) is 4.41. The summed E-state index contributed by atoms with van der Waals surface area (Å²) in [4.78, 5) is 2.43. The molecule has 0 fully saturated rings.